The molecule has 2 heteroatoms. The second-order valence-corrected chi connectivity index (χ2v) is 11.2. The molecule has 2 saturated carbocycles. The second-order valence-electron chi connectivity index (χ2n) is 8.41. The highest BCUT2D eigenvalue weighted by atomic mass is 31.1. The monoisotopic (exact) mass is 395 g/mol. The van der Waals surface area contributed by atoms with Crippen molar-refractivity contribution >= 4 is 13.2 Å². The van der Waals surface area contributed by atoms with Gasteiger partial charge in [-0.25, -0.2) is 0 Å². The molecule has 2 aromatic rings. The minimum absolute atomic E-state index is 0.00133. The van der Waals surface area contributed by atoms with Crippen LogP contribution in [-0.4, -0.2) is 25.4 Å². The van der Waals surface area contributed by atoms with Crippen LogP contribution in [0.1, 0.15) is 64.2 Å². The summed E-state index contributed by atoms with van der Waals surface area (Å²) in [6.45, 7) is 0. The SMILES string of the molecule is CNC.c1ccc(-c2cccc(P(C3CCCCC3)C3CCCCC3)c2)cc1. The topological polar surface area (TPSA) is 12.0 Å². The molecule has 0 spiro atoms. The lowest BCUT2D eigenvalue weighted by Crippen LogP contribution is -2.26. The van der Waals surface area contributed by atoms with Crippen molar-refractivity contribution in [3.05, 3.63) is 54.6 Å². The maximum absolute atomic E-state index is 2.75. The van der Waals surface area contributed by atoms with E-state index in [1.54, 1.807) is 5.30 Å². The van der Waals surface area contributed by atoms with E-state index in [-0.39, 0.29) is 7.92 Å². The van der Waals surface area contributed by atoms with Crippen molar-refractivity contribution in [1.29, 1.82) is 0 Å². The third kappa shape index (κ3) is 5.91. The Morgan fingerprint density at radius 1 is 0.643 bits per heavy atom. The summed E-state index contributed by atoms with van der Waals surface area (Å²) in [5.41, 5.74) is 4.75. The van der Waals surface area contributed by atoms with E-state index in [1.807, 2.05) is 14.1 Å². The molecule has 2 fully saturated rings. The van der Waals surface area contributed by atoms with Crippen LogP contribution in [0.4, 0.5) is 0 Å². The molecule has 0 aromatic heterocycles. The molecule has 0 saturated heterocycles. The van der Waals surface area contributed by atoms with Crippen LogP contribution in [-0.2, 0) is 0 Å². The molecular formula is C26H38NP. The Hall–Kier alpha value is -1.17. The molecule has 0 bridgehead atoms. The van der Waals surface area contributed by atoms with E-state index in [4.69, 9.17) is 0 Å². The maximum atomic E-state index is 2.75. The highest BCUT2D eigenvalue weighted by Crippen LogP contribution is 2.55. The molecule has 1 N–H and O–H groups in total. The van der Waals surface area contributed by atoms with E-state index in [9.17, 15) is 0 Å². The van der Waals surface area contributed by atoms with E-state index >= 15 is 0 Å². The van der Waals surface area contributed by atoms with Crippen molar-refractivity contribution in [2.24, 2.45) is 0 Å². The van der Waals surface area contributed by atoms with Gasteiger partial charge in [-0.2, -0.15) is 0 Å². The largest absolute Gasteiger partial charge is 0.323 e. The Morgan fingerprint density at radius 2 is 1.14 bits per heavy atom. The van der Waals surface area contributed by atoms with E-state index in [2.05, 4.69) is 59.9 Å². The van der Waals surface area contributed by atoms with Crippen LogP contribution in [0.5, 0.6) is 0 Å². The normalized spacial score (nSPS) is 18.5. The van der Waals surface area contributed by atoms with Crippen LogP contribution >= 0.6 is 7.92 Å². The van der Waals surface area contributed by atoms with Crippen molar-refractivity contribution in [1.82, 2.24) is 5.32 Å². The number of hydrogen-bond acceptors (Lipinski definition) is 1. The summed E-state index contributed by atoms with van der Waals surface area (Å²) in [5, 5.41) is 4.44. The van der Waals surface area contributed by atoms with E-state index in [0.717, 1.165) is 11.3 Å². The van der Waals surface area contributed by atoms with Crippen LogP contribution < -0.4 is 10.6 Å². The summed E-state index contributed by atoms with van der Waals surface area (Å²) in [6.07, 6.45) is 14.7. The van der Waals surface area contributed by atoms with Crippen LogP contribution in [0, 0.1) is 0 Å². The fourth-order valence-corrected chi connectivity index (χ4v) is 8.74. The Morgan fingerprint density at radius 3 is 1.68 bits per heavy atom. The third-order valence-corrected chi connectivity index (χ3v) is 9.67. The van der Waals surface area contributed by atoms with Crippen molar-refractivity contribution in [3.8, 4) is 11.1 Å². The van der Waals surface area contributed by atoms with Gasteiger partial charge in [0.2, 0.25) is 0 Å². The third-order valence-electron chi connectivity index (χ3n) is 6.19. The number of nitrogens with one attached hydrogen (secondary N) is 1. The molecule has 2 aliphatic carbocycles. The van der Waals surface area contributed by atoms with Crippen molar-refractivity contribution < 1.29 is 0 Å². The Labute approximate surface area is 174 Å². The van der Waals surface area contributed by atoms with Crippen LogP contribution in [0.2, 0.25) is 0 Å². The van der Waals surface area contributed by atoms with Crippen LogP contribution in [0.25, 0.3) is 11.1 Å². The molecule has 0 unspecified atom stereocenters. The second kappa shape index (κ2) is 11.7. The zero-order chi connectivity index (χ0) is 19.6. The van der Waals surface area contributed by atoms with Gasteiger partial charge in [-0.1, -0.05) is 95.0 Å². The first-order valence-electron chi connectivity index (χ1n) is 11.4. The Balaban J connectivity index is 0.000000706. The molecule has 0 aliphatic heterocycles. The average Bonchev–Trinajstić information content (AvgIpc) is 2.77. The summed E-state index contributed by atoms with van der Waals surface area (Å²) in [6, 6.07) is 20.6. The lowest BCUT2D eigenvalue weighted by atomic mass is 9.99. The molecule has 2 aliphatic rings. The van der Waals surface area contributed by atoms with Gasteiger partial charge in [0.25, 0.3) is 0 Å². The smallest absolute Gasteiger partial charge is 0.0166 e. The van der Waals surface area contributed by atoms with Gasteiger partial charge in [-0.3, -0.25) is 0 Å². The minimum Gasteiger partial charge on any atom is -0.323 e. The maximum Gasteiger partial charge on any atom is -0.0166 e. The van der Waals surface area contributed by atoms with Gasteiger partial charge < -0.3 is 5.32 Å². The summed E-state index contributed by atoms with van der Waals surface area (Å²) < 4.78 is 0. The first-order valence-corrected chi connectivity index (χ1v) is 12.8. The zero-order valence-corrected chi connectivity index (χ0v) is 18.8. The van der Waals surface area contributed by atoms with Gasteiger partial charge in [0.15, 0.2) is 0 Å². The van der Waals surface area contributed by atoms with Gasteiger partial charge in [-0.15, -0.1) is 0 Å². The quantitative estimate of drug-likeness (QED) is 0.552. The molecular weight excluding hydrogens is 357 g/mol. The molecule has 152 valence electrons. The summed E-state index contributed by atoms with van der Waals surface area (Å²) in [4.78, 5) is 0. The number of rotatable bonds is 4. The van der Waals surface area contributed by atoms with Crippen LogP contribution in [0.15, 0.2) is 54.6 Å². The molecule has 0 radical (unpaired) electrons. The fraction of sp³-hybridized carbons (Fsp3) is 0.538. The van der Waals surface area contributed by atoms with Gasteiger partial charge in [0.05, 0.1) is 0 Å². The first-order chi connectivity index (χ1) is 13.8. The van der Waals surface area contributed by atoms with E-state index in [0.29, 0.717) is 0 Å². The molecule has 0 heterocycles. The summed E-state index contributed by atoms with van der Waals surface area (Å²) >= 11 is 0. The minimum atomic E-state index is 0.00133. The lowest BCUT2D eigenvalue weighted by Gasteiger charge is -2.39. The molecule has 28 heavy (non-hydrogen) atoms. The van der Waals surface area contributed by atoms with E-state index < -0.39 is 0 Å². The standard InChI is InChI=1S/C24H31P.C2H7N/c1-4-11-20(12-5-1)21-13-10-18-24(19-21)25(22-14-6-2-7-15-22)23-16-8-3-9-17-23;1-3-2/h1,4-5,10-13,18-19,22-23H,2-3,6-9,14-17H2;3H,1-2H3. The first kappa shape index (κ1) is 21.5. The summed E-state index contributed by atoms with van der Waals surface area (Å²) in [5.74, 6) is 0. The number of hydrogen-bond donors (Lipinski definition) is 1. The predicted molar refractivity (Wildman–Crippen MR) is 127 cm³/mol. The predicted octanol–water partition coefficient (Wildman–Crippen LogP) is 6.96. The van der Waals surface area contributed by atoms with Crippen molar-refractivity contribution in [2.75, 3.05) is 14.1 Å². The average molecular weight is 396 g/mol. The molecule has 0 atom stereocenters. The van der Waals surface area contributed by atoms with Crippen molar-refractivity contribution in [3.63, 3.8) is 0 Å². The molecule has 1 nitrogen and oxygen atoms in total. The fourth-order valence-electron chi connectivity index (χ4n) is 4.91. The lowest BCUT2D eigenvalue weighted by molar-refractivity contribution is 0.487. The summed E-state index contributed by atoms with van der Waals surface area (Å²) in [7, 11) is 3.75. The van der Waals surface area contributed by atoms with Gasteiger partial charge in [0, 0.05) is 0 Å². The Bertz CT molecular complexity index is 654. The number of benzene rings is 2. The van der Waals surface area contributed by atoms with Crippen LogP contribution in [0.3, 0.4) is 0 Å². The zero-order valence-electron chi connectivity index (χ0n) is 17.9. The van der Waals surface area contributed by atoms with Gasteiger partial charge in [-0.05, 0) is 73.6 Å². The van der Waals surface area contributed by atoms with E-state index in [1.165, 1.54) is 75.3 Å². The highest BCUT2D eigenvalue weighted by molar-refractivity contribution is 7.67. The molecule has 2 aromatic carbocycles. The van der Waals surface area contributed by atoms with Gasteiger partial charge in [0.1, 0.15) is 0 Å². The molecule has 0 amide bonds. The van der Waals surface area contributed by atoms with Gasteiger partial charge >= 0.3 is 0 Å². The molecule has 4 rings (SSSR count). The highest BCUT2D eigenvalue weighted by Gasteiger charge is 2.32. The van der Waals surface area contributed by atoms with Crippen molar-refractivity contribution in [2.45, 2.75) is 75.5 Å². The Kier molecular flexibility index (Phi) is 9.03.